The Labute approximate surface area is 97.9 Å². The number of quaternary nitrogens is 1. The van der Waals surface area contributed by atoms with Crippen LogP contribution in [-0.4, -0.2) is 5.21 Å². The Morgan fingerprint density at radius 2 is 1.56 bits per heavy atom. The van der Waals surface area contributed by atoms with E-state index in [1.165, 1.54) is 11.8 Å². The predicted octanol–water partition coefficient (Wildman–Crippen LogP) is 2.24. The summed E-state index contributed by atoms with van der Waals surface area (Å²) in [6.07, 6.45) is 0. The van der Waals surface area contributed by atoms with Crippen molar-refractivity contribution in [2.45, 2.75) is 9.79 Å². The first-order chi connectivity index (χ1) is 7.77. The van der Waals surface area contributed by atoms with Crippen LogP contribution in [0.25, 0.3) is 0 Å². The Morgan fingerprint density at radius 3 is 2.25 bits per heavy atom. The molecule has 0 heterocycles. The van der Waals surface area contributed by atoms with Gasteiger partial charge in [-0.15, -0.1) is 0 Å². The van der Waals surface area contributed by atoms with E-state index in [4.69, 9.17) is 5.21 Å². The van der Waals surface area contributed by atoms with Crippen LogP contribution in [0.3, 0.4) is 0 Å². The molecule has 3 nitrogen and oxygen atoms in total. The summed E-state index contributed by atoms with van der Waals surface area (Å²) in [6, 6.07) is 16.8. The predicted molar refractivity (Wildman–Crippen MR) is 62.8 cm³/mol. The number of para-hydroxylation sites is 1. The average Bonchev–Trinajstić information content (AvgIpc) is 2.31. The molecule has 2 aromatic carbocycles. The first-order valence-corrected chi connectivity index (χ1v) is 5.64. The highest BCUT2D eigenvalue weighted by Gasteiger charge is 2.08. The van der Waals surface area contributed by atoms with Gasteiger partial charge in [-0.2, -0.15) is 5.23 Å². The highest BCUT2D eigenvalue weighted by atomic mass is 32.2. The van der Waals surface area contributed by atoms with Crippen LogP contribution in [0.2, 0.25) is 0 Å². The van der Waals surface area contributed by atoms with E-state index in [0.29, 0.717) is 5.69 Å². The summed E-state index contributed by atoms with van der Waals surface area (Å²) in [4.78, 5) is 1.80. The average molecular weight is 233 g/mol. The van der Waals surface area contributed by atoms with Gasteiger partial charge in [-0.05, 0) is 18.2 Å². The third-order valence-electron chi connectivity index (χ3n) is 2.09. The monoisotopic (exact) mass is 233 g/mol. The lowest BCUT2D eigenvalue weighted by molar-refractivity contribution is -0.992. The summed E-state index contributed by atoms with van der Waals surface area (Å²) >= 11 is 1.46. The first-order valence-electron chi connectivity index (χ1n) is 4.82. The van der Waals surface area contributed by atoms with Gasteiger partial charge in [0.25, 0.3) is 0 Å². The highest BCUT2D eigenvalue weighted by Crippen LogP contribution is 2.31. The van der Waals surface area contributed by atoms with E-state index in [1.54, 1.807) is 12.1 Å². The zero-order valence-corrected chi connectivity index (χ0v) is 9.28. The molecule has 0 aromatic heterocycles. The summed E-state index contributed by atoms with van der Waals surface area (Å²) in [5, 5.41) is 19.1. The second-order valence-corrected chi connectivity index (χ2v) is 4.33. The molecule has 1 unspecified atom stereocenters. The molecule has 0 aliphatic carbocycles. The molecule has 0 radical (unpaired) electrons. The fourth-order valence-electron chi connectivity index (χ4n) is 1.35. The minimum Gasteiger partial charge on any atom is -0.595 e. The van der Waals surface area contributed by atoms with E-state index in [9.17, 15) is 5.21 Å². The number of hydrogen-bond donors (Lipinski definition) is 2. The van der Waals surface area contributed by atoms with Crippen LogP contribution in [0.4, 0.5) is 5.69 Å². The maximum atomic E-state index is 11.0. The van der Waals surface area contributed by atoms with Crippen molar-refractivity contribution >= 4 is 17.4 Å². The van der Waals surface area contributed by atoms with E-state index in [-0.39, 0.29) is 0 Å². The third-order valence-corrected chi connectivity index (χ3v) is 3.17. The molecule has 0 spiro atoms. The van der Waals surface area contributed by atoms with Gasteiger partial charge in [0, 0.05) is 11.0 Å². The maximum absolute atomic E-state index is 11.0. The molecule has 0 saturated carbocycles. The number of benzene rings is 2. The smallest absolute Gasteiger partial charge is 0.177 e. The largest absolute Gasteiger partial charge is 0.595 e. The van der Waals surface area contributed by atoms with Crippen LogP contribution in [-0.2, 0) is 0 Å². The number of rotatable bonds is 3. The van der Waals surface area contributed by atoms with E-state index in [2.05, 4.69) is 0 Å². The summed E-state index contributed by atoms with van der Waals surface area (Å²) < 4.78 is 0. The molecule has 0 saturated heterocycles. The SMILES string of the molecule is [O-][NH+](O)c1ccccc1Sc1ccccc1. The molecule has 0 bridgehead atoms. The minimum atomic E-state index is -0.890. The van der Waals surface area contributed by atoms with Gasteiger partial charge in [-0.25, -0.2) is 5.21 Å². The molecular weight excluding hydrogens is 222 g/mol. The van der Waals surface area contributed by atoms with Gasteiger partial charge in [-0.3, -0.25) is 0 Å². The lowest BCUT2D eigenvalue weighted by Crippen LogP contribution is -2.99. The van der Waals surface area contributed by atoms with Crippen LogP contribution < -0.4 is 5.23 Å². The molecule has 2 aromatic rings. The molecule has 0 amide bonds. The van der Waals surface area contributed by atoms with Crippen LogP contribution in [0.5, 0.6) is 0 Å². The summed E-state index contributed by atoms with van der Waals surface area (Å²) in [6.45, 7) is 0. The van der Waals surface area contributed by atoms with E-state index in [0.717, 1.165) is 9.79 Å². The van der Waals surface area contributed by atoms with Gasteiger partial charge in [-0.1, -0.05) is 42.1 Å². The lowest BCUT2D eigenvalue weighted by atomic mass is 10.3. The van der Waals surface area contributed by atoms with Crippen molar-refractivity contribution in [2.75, 3.05) is 0 Å². The highest BCUT2D eigenvalue weighted by molar-refractivity contribution is 7.99. The van der Waals surface area contributed by atoms with Crippen LogP contribution in [0, 0.1) is 5.21 Å². The first kappa shape index (κ1) is 11.2. The Balaban J connectivity index is 2.28. The molecule has 2 N–H and O–H groups in total. The zero-order chi connectivity index (χ0) is 11.4. The molecule has 1 atom stereocenters. The summed E-state index contributed by atoms with van der Waals surface area (Å²) in [5.74, 6) is 0. The molecule has 82 valence electrons. The van der Waals surface area contributed by atoms with Crippen molar-refractivity contribution in [1.29, 1.82) is 0 Å². The van der Waals surface area contributed by atoms with E-state index in [1.807, 2.05) is 42.5 Å². The van der Waals surface area contributed by atoms with Crippen molar-refractivity contribution in [2.24, 2.45) is 0 Å². The topological polar surface area (TPSA) is 47.7 Å². The number of hydrogen-bond acceptors (Lipinski definition) is 3. The Morgan fingerprint density at radius 1 is 0.938 bits per heavy atom. The van der Waals surface area contributed by atoms with Crippen LogP contribution in [0.15, 0.2) is 64.4 Å². The fraction of sp³-hybridized carbons (Fsp3) is 0. The van der Waals surface area contributed by atoms with Crippen molar-refractivity contribution in [3.63, 3.8) is 0 Å². The molecule has 0 aliphatic rings. The van der Waals surface area contributed by atoms with Crippen molar-refractivity contribution in [3.8, 4) is 0 Å². The van der Waals surface area contributed by atoms with Crippen LogP contribution >= 0.6 is 11.8 Å². The zero-order valence-electron chi connectivity index (χ0n) is 8.46. The second kappa shape index (κ2) is 5.14. The third kappa shape index (κ3) is 2.62. The van der Waals surface area contributed by atoms with E-state index < -0.39 is 5.23 Å². The normalized spacial score (nSPS) is 12.4. The molecule has 2 rings (SSSR count). The van der Waals surface area contributed by atoms with Crippen molar-refractivity contribution < 1.29 is 10.4 Å². The molecular formula is C12H11NO2S. The number of nitrogens with one attached hydrogen (secondary N) is 1. The van der Waals surface area contributed by atoms with Gasteiger partial charge in [0.15, 0.2) is 5.69 Å². The Bertz CT molecular complexity index is 460. The lowest BCUT2D eigenvalue weighted by Gasteiger charge is -2.14. The summed E-state index contributed by atoms with van der Waals surface area (Å²) in [5.41, 5.74) is 0.344. The minimum absolute atomic E-state index is 0.344. The Hall–Kier alpha value is -1.33. The fourth-order valence-corrected chi connectivity index (χ4v) is 2.31. The molecule has 16 heavy (non-hydrogen) atoms. The molecule has 4 heteroatoms. The standard InChI is InChI=1S/C12H11NO2S/c14-13(15)11-8-4-5-9-12(11)16-10-6-2-1-3-7-10/h1-9,13-14H. The van der Waals surface area contributed by atoms with Gasteiger partial charge in [0.1, 0.15) is 0 Å². The molecule has 0 fully saturated rings. The van der Waals surface area contributed by atoms with Crippen LogP contribution in [0.1, 0.15) is 0 Å². The Kier molecular flexibility index (Phi) is 3.58. The van der Waals surface area contributed by atoms with Gasteiger partial charge >= 0.3 is 0 Å². The second-order valence-electron chi connectivity index (χ2n) is 3.22. The van der Waals surface area contributed by atoms with E-state index >= 15 is 0 Å². The van der Waals surface area contributed by atoms with Crippen molar-refractivity contribution in [3.05, 3.63) is 59.8 Å². The van der Waals surface area contributed by atoms with Gasteiger partial charge in [0.2, 0.25) is 0 Å². The summed E-state index contributed by atoms with van der Waals surface area (Å²) in [7, 11) is 0. The van der Waals surface area contributed by atoms with Gasteiger partial charge < -0.3 is 5.21 Å². The maximum Gasteiger partial charge on any atom is 0.177 e. The van der Waals surface area contributed by atoms with Gasteiger partial charge in [0.05, 0.1) is 4.90 Å². The van der Waals surface area contributed by atoms with Crippen molar-refractivity contribution in [1.82, 2.24) is 0 Å². The quantitative estimate of drug-likeness (QED) is 0.799. The molecule has 0 aliphatic heterocycles.